The Bertz CT molecular complexity index is 825. The fourth-order valence-electron chi connectivity index (χ4n) is 3.29. The van der Waals surface area contributed by atoms with Crippen LogP contribution in [0.15, 0.2) is 30.5 Å². The van der Waals surface area contributed by atoms with Crippen molar-refractivity contribution < 1.29 is 13.2 Å². The van der Waals surface area contributed by atoms with Crippen LogP contribution >= 0.6 is 0 Å². The number of benzene rings is 1. The van der Waals surface area contributed by atoms with Crippen LogP contribution in [0.3, 0.4) is 0 Å². The van der Waals surface area contributed by atoms with Crippen molar-refractivity contribution in [3.63, 3.8) is 0 Å². The van der Waals surface area contributed by atoms with Crippen molar-refractivity contribution in [3.8, 4) is 0 Å². The number of para-hydroxylation sites is 1. The van der Waals surface area contributed by atoms with Gasteiger partial charge in [0.15, 0.2) is 9.84 Å². The summed E-state index contributed by atoms with van der Waals surface area (Å²) in [7, 11) is -3.00. The highest BCUT2D eigenvalue weighted by atomic mass is 32.2. The molecule has 5 nitrogen and oxygen atoms in total. The summed E-state index contributed by atoms with van der Waals surface area (Å²) in [5.41, 5.74) is 1.72. The van der Waals surface area contributed by atoms with E-state index in [1.165, 1.54) is 10.9 Å². The molecule has 0 radical (unpaired) electrons. The molecule has 2 N–H and O–H groups in total. The van der Waals surface area contributed by atoms with Gasteiger partial charge in [-0.3, -0.25) is 4.79 Å². The van der Waals surface area contributed by atoms with Gasteiger partial charge in [-0.1, -0.05) is 18.2 Å². The van der Waals surface area contributed by atoms with Crippen LogP contribution in [-0.2, 0) is 21.1 Å². The van der Waals surface area contributed by atoms with Gasteiger partial charge in [0.2, 0.25) is 5.91 Å². The normalized spacial score (nSPS) is 23.2. The number of fused-ring (bicyclic) bond motifs is 1. The predicted molar refractivity (Wildman–Crippen MR) is 91.1 cm³/mol. The molecule has 0 saturated carbocycles. The van der Waals surface area contributed by atoms with Crippen LogP contribution in [0, 0.1) is 0 Å². The minimum absolute atomic E-state index is 0.0498. The molecule has 0 unspecified atom stereocenters. The van der Waals surface area contributed by atoms with Crippen molar-refractivity contribution in [1.82, 2.24) is 10.3 Å². The fourth-order valence-corrected chi connectivity index (χ4v) is 5.38. The van der Waals surface area contributed by atoms with E-state index in [0.29, 0.717) is 12.8 Å². The van der Waals surface area contributed by atoms with Gasteiger partial charge in [0.25, 0.3) is 0 Å². The molecule has 0 aliphatic carbocycles. The average Bonchev–Trinajstić information content (AvgIpc) is 3.00. The molecule has 124 valence electrons. The number of sulfone groups is 1. The number of carbonyl (C=O) groups is 1. The lowest BCUT2D eigenvalue weighted by molar-refractivity contribution is -0.122. The average molecular weight is 334 g/mol. The van der Waals surface area contributed by atoms with Crippen LogP contribution in [-0.4, -0.2) is 36.4 Å². The zero-order chi connectivity index (χ0) is 16.5. The molecule has 23 heavy (non-hydrogen) atoms. The number of nitrogens with one attached hydrogen (secondary N) is 2. The van der Waals surface area contributed by atoms with Crippen LogP contribution in [0.4, 0.5) is 0 Å². The molecule has 1 amide bonds. The number of amides is 1. The van der Waals surface area contributed by atoms with Crippen LogP contribution < -0.4 is 5.32 Å². The number of aromatic amines is 1. The molecule has 1 aromatic heterocycles. The van der Waals surface area contributed by atoms with Crippen LogP contribution in [0.25, 0.3) is 10.9 Å². The molecule has 1 aromatic carbocycles. The molecule has 2 heterocycles. The molecule has 3 rings (SSSR count). The second-order valence-electron chi connectivity index (χ2n) is 6.66. The third-order valence-electron chi connectivity index (χ3n) is 4.47. The van der Waals surface area contributed by atoms with E-state index >= 15 is 0 Å². The Hall–Kier alpha value is -1.82. The Balaban J connectivity index is 1.52. The maximum Gasteiger partial charge on any atom is 0.220 e. The summed E-state index contributed by atoms with van der Waals surface area (Å²) in [6.45, 7) is 1.81. The first-order valence-corrected chi connectivity index (χ1v) is 9.76. The molecule has 1 aliphatic heterocycles. The lowest BCUT2D eigenvalue weighted by atomic mass is 10.0. The summed E-state index contributed by atoms with van der Waals surface area (Å²) in [5.74, 6) is 0.150. The van der Waals surface area contributed by atoms with Gasteiger partial charge in [0, 0.05) is 23.5 Å². The van der Waals surface area contributed by atoms with Crippen molar-refractivity contribution in [2.45, 2.75) is 38.1 Å². The van der Waals surface area contributed by atoms with E-state index in [1.54, 1.807) is 0 Å². The van der Waals surface area contributed by atoms with Gasteiger partial charge in [-0.2, -0.15) is 0 Å². The van der Waals surface area contributed by atoms with Crippen molar-refractivity contribution in [2.75, 3.05) is 11.5 Å². The molecule has 1 saturated heterocycles. The third-order valence-corrected chi connectivity index (χ3v) is 6.37. The monoisotopic (exact) mass is 334 g/mol. The number of aromatic nitrogens is 1. The summed E-state index contributed by atoms with van der Waals surface area (Å²) in [5, 5.41) is 4.10. The van der Waals surface area contributed by atoms with Crippen LogP contribution in [0.1, 0.15) is 31.7 Å². The number of hydrogen-bond donors (Lipinski definition) is 2. The highest BCUT2D eigenvalue weighted by Crippen LogP contribution is 2.23. The van der Waals surface area contributed by atoms with E-state index in [2.05, 4.69) is 16.4 Å². The van der Waals surface area contributed by atoms with Gasteiger partial charge in [0.05, 0.1) is 17.0 Å². The van der Waals surface area contributed by atoms with Crippen molar-refractivity contribution in [3.05, 3.63) is 36.0 Å². The van der Waals surface area contributed by atoms with E-state index < -0.39 is 15.4 Å². The smallest absolute Gasteiger partial charge is 0.220 e. The Kier molecular flexibility index (Phi) is 4.19. The zero-order valence-electron chi connectivity index (χ0n) is 13.3. The summed E-state index contributed by atoms with van der Waals surface area (Å²) in [6, 6.07) is 8.11. The van der Waals surface area contributed by atoms with E-state index in [4.69, 9.17) is 0 Å². The Labute approximate surface area is 136 Å². The van der Waals surface area contributed by atoms with E-state index in [9.17, 15) is 13.2 Å². The SMILES string of the molecule is C[C@@]1(NC(=O)CCCc2c[nH]c3ccccc23)CCS(=O)(=O)C1. The summed E-state index contributed by atoms with van der Waals surface area (Å²) in [6.07, 6.45) is 4.48. The summed E-state index contributed by atoms with van der Waals surface area (Å²) in [4.78, 5) is 15.3. The highest BCUT2D eigenvalue weighted by Gasteiger charge is 2.39. The van der Waals surface area contributed by atoms with Gasteiger partial charge in [-0.15, -0.1) is 0 Å². The van der Waals surface area contributed by atoms with Crippen molar-refractivity contribution in [1.29, 1.82) is 0 Å². The van der Waals surface area contributed by atoms with E-state index in [-0.39, 0.29) is 17.4 Å². The second kappa shape index (κ2) is 6.00. The molecule has 2 aromatic rings. The van der Waals surface area contributed by atoms with Crippen molar-refractivity contribution >= 4 is 26.6 Å². The molecular formula is C17H22N2O3S. The molecule has 0 bridgehead atoms. The fraction of sp³-hybridized carbons (Fsp3) is 0.471. The van der Waals surface area contributed by atoms with Gasteiger partial charge in [0.1, 0.15) is 0 Å². The molecule has 1 atom stereocenters. The Morgan fingerprint density at radius 3 is 2.87 bits per heavy atom. The molecule has 1 fully saturated rings. The Morgan fingerprint density at radius 1 is 1.35 bits per heavy atom. The number of hydrogen-bond acceptors (Lipinski definition) is 3. The number of H-pyrrole nitrogens is 1. The second-order valence-corrected chi connectivity index (χ2v) is 8.85. The van der Waals surface area contributed by atoms with Crippen molar-refractivity contribution in [2.24, 2.45) is 0 Å². The topological polar surface area (TPSA) is 79.0 Å². The number of rotatable bonds is 5. The first-order valence-electron chi connectivity index (χ1n) is 7.93. The zero-order valence-corrected chi connectivity index (χ0v) is 14.1. The molecule has 0 spiro atoms. The Morgan fingerprint density at radius 2 is 2.13 bits per heavy atom. The molecule has 1 aliphatic rings. The number of aryl methyl sites for hydroxylation is 1. The van der Waals surface area contributed by atoms with Gasteiger partial charge < -0.3 is 10.3 Å². The highest BCUT2D eigenvalue weighted by molar-refractivity contribution is 7.91. The standard InChI is InChI=1S/C17H22N2O3S/c1-17(9-10-23(21,22)12-17)19-16(20)8-4-5-13-11-18-15-7-3-2-6-14(13)15/h2-3,6-7,11,18H,4-5,8-10,12H2,1H3,(H,19,20)/t17-/m1/s1. The first kappa shape index (κ1) is 16.1. The maximum atomic E-state index is 12.1. The van der Waals surface area contributed by atoms with Crippen LogP contribution in [0.2, 0.25) is 0 Å². The number of carbonyl (C=O) groups excluding carboxylic acids is 1. The predicted octanol–water partition coefficient (Wildman–Crippen LogP) is 2.18. The molecular weight excluding hydrogens is 312 g/mol. The summed E-state index contributed by atoms with van der Waals surface area (Å²) >= 11 is 0. The first-order chi connectivity index (χ1) is 10.9. The van der Waals surface area contributed by atoms with E-state index in [0.717, 1.165) is 18.4 Å². The van der Waals surface area contributed by atoms with Crippen LogP contribution in [0.5, 0.6) is 0 Å². The molecule has 6 heteroatoms. The minimum Gasteiger partial charge on any atom is -0.361 e. The lowest BCUT2D eigenvalue weighted by Gasteiger charge is -2.23. The largest absolute Gasteiger partial charge is 0.361 e. The van der Waals surface area contributed by atoms with E-state index in [1.807, 2.05) is 31.3 Å². The quantitative estimate of drug-likeness (QED) is 0.879. The van der Waals surface area contributed by atoms with Gasteiger partial charge in [-0.05, 0) is 37.8 Å². The minimum atomic E-state index is -3.00. The summed E-state index contributed by atoms with van der Waals surface area (Å²) < 4.78 is 23.1. The maximum absolute atomic E-state index is 12.1. The third kappa shape index (κ3) is 3.75. The van der Waals surface area contributed by atoms with Gasteiger partial charge in [-0.25, -0.2) is 8.42 Å². The van der Waals surface area contributed by atoms with Gasteiger partial charge >= 0.3 is 0 Å². The lowest BCUT2D eigenvalue weighted by Crippen LogP contribution is -2.46.